The fraction of sp³-hybridized carbons (Fsp3) is 0.667. The summed E-state index contributed by atoms with van der Waals surface area (Å²) in [4.78, 5) is 0. The van der Waals surface area contributed by atoms with Gasteiger partial charge in [0.25, 0.3) is 0 Å². The van der Waals surface area contributed by atoms with Gasteiger partial charge in [-0.3, -0.25) is 4.68 Å². The first kappa shape index (κ1) is 15.2. The third kappa shape index (κ3) is 2.78. The lowest BCUT2D eigenvalue weighted by molar-refractivity contribution is 0.267. The number of aromatic nitrogens is 5. The van der Waals surface area contributed by atoms with Gasteiger partial charge in [-0.15, -0.1) is 10.2 Å². The van der Waals surface area contributed by atoms with E-state index in [9.17, 15) is 0 Å². The molecule has 1 aliphatic heterocycles. The Kier molecular flexibility index (Phi) is 4.26. The summed E-state index contributed by atoms with van der Waals surface area (Å²) in [5.74, 6) is 2.09. The van der Waals surface area contributed by atoms with Gasteiger partial charge in [0.2, 0.25) is 0 Å². The summed E-state index contributed by atoms with van der Waals surface area (Å²) in [6.45, 7) is 8.51. The van der Waals surface area contributed by atoms with Crippen molar-refractivity contribution in [3.05, 3.63) is 28.6 Å². The fourth-order valence-corrected chi connectivity index (χ4v) is 3.18. The highest BCUT2D eigenvalue weighted by atomic mass is 16.3. The highest BCUT2D eigenvalue weighted by Gasteiger charge is 2.21. The van der Waals surface area contributed by atoms with Crippen molar-refractivity contribution >= 4 is 0 Å². The van der Waals surface area contributed by atoms with Crippen LogP contribution in [0.5, 0.6) is 0 Å². The Hall–Kier alpha value is -1.73. The predicted molar refractivity (Wildman–Crippen MR) is 82.5 cm³/mol. The highest BCUT2D eigenvalue weighted by molar-refractivity contribution is 5.24. The minimum Gasteiger partial charge on any atom is -0.394 e. The molecule has 7 nitrogen and oxygen atoms in total. The van der Waals surface area contributed by atoms with E-state index in [1.54, 1.807) is 0 Å². The van der Waals surface area contributed by atoms with Gasteiger partial charge in [-0.1, -0.05) is 0 Å². The molecule has 120 valence electrons. The standard InChI is InChI=1S/C15H24N6O/c1-10-14(11(2)21(19-10)6-7-22)8-16-13-4-5-15-18-17-12(3)20(15)9-13/h13,16,22H,4-9H2,1-3H3/t13-/m0/s1. The lowest BCUT2D eigenvalue weighted by Crippen LogP contribution is -2.37. The number of rotatable bonds is 5. The summed E-state index contributed by atoms with van der Waals surface area (Å²) in [7, 11) is 0. The Bertz CT molecular complexity index is 659. The molecule has 0 saturated heterocycles. The lowest BCUT2D eigenvalue weighted by atomic mass is 10.1. The molecule has 0 fully saturated rings. The molecule has 0 unspecified atom stereocenters. The van der Waals surface area contributed by atoms with Crippen LogP contribution in [0.3, 0.4) is 0 Å². The van der Waals surface area contributed by atoms with Crippen LogP contribution in [0.15, 0.2) is 0 Å². The van der Waals surface area contributed by atoms with Gasteiger partial charge < -0.3 is 15.0 Å². The van der Waals surface area contributed by atoms with E-state index < -0.39 is 0 Å². The quantitative estimate of drug-likeness (QED) is 0.840. The summed E-state index contributed by atoms with van der Waals surface area (Å²) in [6, 6.07) is 0.433. The maximum absolute atomic E-state index is 9.09. The van der Waals surface area contributed by atoms with Crippen LogP contribution >= 0.6 is 0 Å². The van der Waals surface area contributed by atoms with Gasteiger partial charge in [-0.2, -0.15) is 5.10 Å². The van der Waals surface area contributed by atoms with Crippen molar-refractivity contribution in [2.45, 2.75) is 59.3 Å². The Labute approximate surface area is 130 Å². The molecular formula is C15H24N6O. The van der Waals surface area contributed by atoms with E-state index in [1.807, 2.05) is 18.5 Å². The van der Waals surface area contributed by atoms with Gasteiger partial charge in [-0.25, -0.2) is 0 Å². The third-order valence-corrected chi connectivity index (χ3v) is 4.54. The first-order chi connectivity index (χ1) is 10.6. The molecule has 0 bridgehead atoms. The average molecular weight is 304 g/mol. The topological polar surface area (TPSA) is 80.8 Å². The van der Waals surface area contributed by atoms with Crippen LogP contribution < -0.4 is 5.32 Å². The second-order valence-corrected chi connectivity index (χ2v) is 5.99. The Morgan fingerprint density at radius 3 is 2.86 bits per heavy atom. The molecule has 2 N–H and O–H groups in total. The molecule has 0 aliphatic carbocycles. The smallest absolute Gasteiger partial charge is 0.133 e. The number of aliphatic hydroxyl groups is 1. The molecule has 0 radical (unpaired) electrons. The van der Waals surface area contributed by atoms with E-state index in [4.69, 9.17) is 5.11 Å². The number of fused-ring (bicyclic) bond motifs is 1. The van der Waals surface area contributed by atoms with E-state index in [0.717, 1.165) is 49.0 Å². The fourth-order valence-electron chi connectivity index (χ4n) is 3.18. The number of nitrogens with one attached hydrogen (secondary N) is 1. The maximum atomic E-state index is 9.09. The first-order valence-corrected chi connectivity index (χ1v) is 7.86. The summed E-state index contributed by atoms with van der Waals surface area (Å²) < 4.78 is 4.09. The van der Waals surface area contributed by atoms with E-state index in [0.29, 0.717) is 12.6 Å². The number of hydrogen-bond donors (Lipinski definition) is 2. The molecule has 3 rings (SSSR count). The summed E-state index contributed by atoms with van der Waals surface area (Å²) >= 11 is 0. The second-order valence-electron chi connectivity index (χ2n) is 5.99. The number of aliphatic hydroxyl groups excluding tert-OH is 1. The van der Waals surface area contributed by atoms with Crippen molar-refractivity contribution < 1.29 is 5.11 Å². The van der Waals surface area contributed by atoms with Gasteiger partial charge in [0.15, 0.2) is 0 Å². The van der Waals surface area contributed by atoms with Crippen molar-refractivity contribution in [3.8, 4) is 0 Å². The van der Waals surface area contributed by atoms with Crippen LogP contribution in [0, 0.1) is 20.8 Å². The molecule has 1 aliphatic rings. The molecule has 0 amide bonds. The van der Waals surface area contributed by atoms with Crippen LogP contribution in [-0.2, 0) is 26.1 Å². The molecule has 22 heavy (non-hydrogen) atoms. The van der Waals surface area contributed by atoms with E-state index in [-0.39, 0.29) is 6.61 Å². The Morgan fingerprint density at radius 1 is 1.27 bits per heavy atom. The van der Waals surface area contributed by atoms with Crippen LogP contribution in [0.4, 0.5) is 0 Å². The van der Waals surface area contributed by atoms with E-state index in [2.05, 4.69) is 32.1 Å². The normalized spacial score (nSPS) is 17.7. The zero-order valence-corrected chi connectivity index (χ0v) is 13.5. The zero-order valence-electron chi connectivity index (χ0n) is 13.5. The minimum atomic E-state index is 0.118. The number of nitrogens with zero attached hydrogens (tertiary/aromatic N) is 5. The molecule has 7 heteroatoms. The SMILES string of the molecule is Cc1nn(CCO)c(C)c1CN[C@H]1CCc2nnc(C)n2C1. The van der Waals surface area contributed by atoms with E-state index >= 15 is 0 Å². The lowest BCUT2D eigenvalue weighted by Gasteiger charge is -2.25. The molecule has 0 saturated carbocycles. The zero-order chi connectivity index (χ0) is 15.7. The maximum Gasteiger partial charge on any atom is 0.133 e. The molecule has 0 aromatic carbocycles. The van der Waals surface area contributed by atoms with E-state index in [1.165, 1.54) is 5.56 Å². The minimum absolute atomic E-state index is 0.118. The van der Waals surface area contributed by atoms with Crippen molar-refractivity contribution in [1.82, 2.24) is 29.9 Å². The molecular weight excluding hydrogens is 280 g/mol. The predicted octanol–water partition coefficient (Wildman–Crippen LogP) is 0.497. The first-order valence-electron chi connectivity index (χ1n) is 7.86. The van der Waals surface area contributed by atoms with Crippen molar-refractivity contribution in [1.29, 1.82) is 0 Å². The van der Waals surface area contributed by atoms with Crippen molar-refractivity contribution in [3.63, 3.8) is 0 Å². The second kappa shape index (κ2) is 6.18. The van der Waals surface area contributed by atoms with Gasteiger partial charge in [0.05, 0.1) is 18.8 Å². The monoisotopic (exact) mass is 304 g/mol. The molecule has 1 atom stereocenters. The Morgan fingerprint density at radius 2 is 2.09 bits per heavy atom. The summed E-state index contributed by atoms with van der Waals surface area (Å²) in [5, 5.41) is 25.6. The van der Waals surface area contributed by atoms with Crippen molar-refractivity contribution in [2.24, 2.45) is 0 Å². The number of aryl methyl sites for hydroxylation is 3. The van der Waals surface area contributed by atoms with Gasteiger partial charge in [-0.05, 0) is 27.2 Å². The molecule has 2 aromatic rings. The number of hydrogen-bond acceptors (Lipinski definition) is 5. The Balaban J connectivity index is 1.65. The van der Waals surface area contributed by atoms with Gasteiger partial charge in [0, 0.05) is 36.8 Å². The van der Waals surface area contributed by atoms with Crippen LogP contribution in [0.25, 0.3) is 0 Å². The van der Waals surface area contributed by atoms with Crippen molar-refractivity contribution in [2.75, 3.05) is 6.61 Å². The van der Waals surface area contributed by atoms with Gasteiger partial charge >= 0.3 is 0 Å². The molecule has 2 aromatic heterocycles. The molecule has 3 heterocycles. The van der Waals surface area contributed by atoms with Crippen LogP contribution in [0.1, 0.15) is 35.0 Å². The largest absolute Gasteiger partial charge is 0.394 e. The summed E-state index contributed by atoms with van der Waals surface area (Å²) in [6.07, 6.45) is 2.06. The van der Waals surface area contributed by atoms with Crippen LogP contribution in [-0.4, -0.2) is 42.3 Å². The summed E-state index contributed by atoms with van der Waals surface area (Å²) in [5.41, 5.74) is 3.41. The third-order valence-electron chi connectivity index (χ3n) is 4.54. The molecule has 0 spiro atoms. The van der Waals surface area contributed by atoms with Crippen LogP contribution in [0.2, 0.25) is 0 Å². The van der Waals surface area contributed by atoms with Gasteiger partial charge in [0.1, 0.15) is 11.6 Å². The average Bonchev–Trinajstić information content (AvgIpc) is 2.99. The highest BCUT2D eigenvalue weighted by Crippen LogP contribution is 2.17.